The lowest BCUT2D eigenvalue weighted by Gasteiger charge is -2.17. The maximum absolute atomic E-state index is 13.1. The lowest BCUT2D eigenvalue weighted by Crippen LogP contribution is -2.31. The summed E-state index contributed by atoms with van der Waals surface area (Å²) in [5.74, 6) is 0.0437. The van der Waals surface area contributed by atoms with Crippen LogP contribution in [0.25, 0.3) is 11.1 Å². The Morgan fingerprint density at radius 1 is 1.28 bits per heavy atom. The number of hydrogen-bond acceptors (Lipinski definition) is 4. The van der Waals surface area contributed by atoms with Gasteiger partial charge in [-0.1, -0.05) is 50.1 Å². The van der Waals surface area contributed by atoms with Crippen molar-refractivity contribution in [1.82, 2.24) is 9.36 Å². The van der Waals surface area contributed by atoms with E-state index in [1.807, 2.05) is 20.8 Å². The maximum atomic E-state index is 13.1. The van der Waals surface area contributed by atoms with E-state index in [-0.39, 0.29) is 29.6 Å². The molecule has 2 aromatic rings. The Hall–Kier alpha value is -2.21. The molecule has 0 bridgehead atoms. The average Bonchev–Trinajstić information content (AvgIpc) is 2.84. The van der Waals surface area contributed by atoms with Crippen LogP contribution >= 0.6 is 11.6 Å². The third-order valence-electron chi connectivity index (χ3n) is 3.99. The molecule has 0 aliphatic rings. The first-order valence-electron chi connectivity index (χ1n) is 8.48. The molecule has 0 spiro atoms. The van der Waals surface area contributed by atoms with Gasteiger partial charge in [0.25, 0.3) is 5.56 Å². The summed E-state index contributed by atoms with van der Waals surface area (Å²) in [6.07, 6.45) is 1.62. The zero-order valence-corrected chi connectivity index (χ0v) is 15.5. The maximum Gasteiger partial charge on any atom is 0.435 e. The Balaban J connectivity index is 2.69. The molecule has 0 saturated heterocycles. The Morgan fingerprint density at radius 3 is 2.56 bits per heavy atom. The van der Waals surface area contributed by atoms with Gasteiger partial charge in [-0.2, -0.15) is 4.68 Å². The van der Waals surface area contributed by atoms with Crippen LogP contribution in [-0.2, 0) is 4.74 Å². The number of benzene rings is 1. The van der Waals surface area contributed by atoms with Gasteiger partial charge in [0, 0.05) is 10.6 Å². The molecule has 0 radical (unpaired) electrons. The van der Waals surface area contributed by atoms with E-state index in [2.05, 4.69) is 0 Å². The SMILES string of the molecule is CCCOC(=O)n1c(N)c(-c2ccccc2Cl)c(=O)n1C(C)CCC. The fourth-order valence-electron chi connectivity index (χ4n) is 2.83. The van der Waals surface area contributed by atoms with Crippen LogP contribution < -0.4 is 11.3 Å². The number of carbonyl (C=O) groups is 1. The highest BCUT2D eigenvalue weighted by Gasteiger charge is 2.27. The molecule has 0 saturated carbocycles. The molecule has 0 fully saturated rings. The number of anilines is 1. The minimum Gasteiger partial charge on any atom is -0.448 e. The highest BCUT2D eigenvalue weighted by atomic mass is 35.5. The van der Waals surface area contributed by atoms with Gasteiger partial charge in [-0.3, -0.25) is 4.79 Å². The van der Waals surface area contributed by atoms with Gasteiger partial charge in [-0.15, -0.1) is 0 Å². The quantitative estimate of drug-likeness (QED) is 0.827. The fourth-order valence-corrected chi connectivity index (χ4v) is 3.06. The van der Waals surface area contributed by atoms with Crippen molar-refractivity contribution in [3.8, 4) is 11.1 Å². The molecule has 0 aliphatic carbocycles. The summed E-state index contributed by atoms with van der Waals surface area (Å²) in [4.78, 5) is 25.6. The second kappa shape index (κ2) is 8.25. The Labute approximate surface area is 152 Å². The molecule has 1 heterocycles. The zero-order chi connectivity index (χ0) is 18.6. The van der Waals surface area contributed by atoms with E-state index >= 15 is 0 Å². The van der Waals surface area contributed by atoms with Gasteiger partial charge < -0.3 is 10.5 Å². The van der Waals surface area contributed by atoms with Crippen LogP contribution in [0, 0.1) is 0 Å². The smallest absolute Gasteiger partial charge is 0.435 e. The van der Waals surface area contributed by atoms with Gasteiger partial charge >= 0.3 is 6.09 Å². The molecule has 25 heavy (non-hydrogen) atoms. The molecule has 1 aromatic heterocycles. The van der Waals surface area contributed by atoms with Crippen molar-refractivity contribution in [2.75, 3.05) is 12.3 Å². The van der Waals surface area contributed by atoms with Crippen LogP contribution in [0.4, 0.5) is 10.6 Å². The number of carbonyl (C=O) groups excluding carboxylic acids is 1. The van der Waals surface area contributed by atoms with Crippen molar-refractivity contribution in [3.05, 3.63) is 39.6 Å². The molecule has 1 atom stereocenters. The number of halogens is 1. The first-order valence-corrected chi connectivity index (χ1v) is 8.86. The van der Waals surface area contributed by atoms with Crippen molar-refractivity contribution in [2.24, 2.45) is 0 Å². The summed E-state index contributed by atoms with van der Waals surface area (Å²) in [7, 11) is 0. The molecular formula is C18H24ClN3O3. The van der Waals surface area contributed by atoms with E-state index in [9.17, 15) is 9.59 Å². The molecule has 0 aliphatic heterocycles. The highest BCUT2D eigenvalue weighted by molar-refractivity contribution is 6.33. The van der Waals surface area contributed by atoms with Gasteiger partial charge in [-0.25, -0.2) is 9.48 Å². The van der Waals surface area contributed by atoms with Crippen molar-refractivity contribution < 1.29 is 9.53 Å². The Bertz CT molecular complexity index is 810. The topological polar surface area (TPSA) is 79.2 Å². The van der Waals surface area contributed by atoms with E-state index in [1.54, 1.807) is 24.3 Å². The minimum absolute atomic E-state index is 0.0437. The van der Waals surface area contributed by atoms with Crippen LogP contribution in [0.2, 0.25) is 5.02 Å². The van der Waals surface area contributed by atoms with Crippen LogP contribution in [0.5, 0.6) is 0 Å². The first-order chi connectivity index (χ1) is 11.9. The predicted octanol–water partition coefficient (Wildman–Crippen LogP) is 4.31. The van der Waals surface area contributed by atoms with Crippen molar-refractivity contribution >= 4 is 23.5 Å². The lowest BCUT2D eigenvalue weighted by molar-refractivity contribution is 0.138. The zero-order valence-electron chi connectivity index (χ0n) is 14.8. The number of aromatic nitrogens is 2. The van der Waals surface area contributed by atoms with Gasteiger partial charge in [0.05, 0.1) is 18.2 Å². The number of nitrogens with two attached hydrogens (primary N) is 1. The molecular weight excluding hydrogens is 342 g/mol. The number of rotatable bonds is 6. The van der Waals surface area contributed by atoms with Crippen LogP contribution in [0.3, 0.4) is 0 Å². The summed E-state index contributed by atoms with van der Waals surface area (Å²) in [5, 5.41) is 0.403. The number of nitrogens with zero attached hydrogens (tertiary/aromatic N) is 2. The molecule has 6 nitrogen and oxygen atoms in total. The number of ether oxygens (including phenoxy) is 1. The van der Waals surface area contributed by atoms with Crippen LogP contribution in [0.15, 0.2) is 29.1 Å². The molecule has 136 valence electrons. The molecule has 7 heteroatoms. The van der Waals surface area contributed by atoms with Gasteiger partial charge in [-0.05, 0) is 25.8 Å². The fraction of sp³-hybridized carbons (Fsp3) is 0.444. The van der Waals surface area contributed by atoms with E-state index in [0.29, 0.717) is 17.0 Å². The highest BCUT2D eigenvalue weighted by Crippen LogP contribution is 2.31. The molecule has 1 aromatic carbocycles. The van der Waals surface area contributed by atoms with Gasteiger partial charge in [0.2, 0.25) is 0 Å². The van der Waals surface area contributed by atoms with Crippen molar-refractivity contribution in [2.45, 2.75) is 46.1 Å². The Morgan fingerprint density at radius 2 is 1.96 bits per heavy atom. The van der Waals surface area contributed by atoms with E-state index in [1.165, 1.54) is 4.68 Å². The summed E-state index contributed by atoms with van der Waals surface area (Å²) in [6, 6.07) is 6.73. The summed E-state index contributed by atoms with van der Waals surface area (Å²) in [6.45, 7) is 6.05. The van der Waals surface area contributed by atoms with Crippen molar-refractivity contribution in [3.63, 3.8) is 0 Å². The Kier molecular flexibility index (Phi) is 6.31. The number of nitrogen functional groups attached to an aromatic ring is 1. The first kappa shape index (κ1) is 19.1. The molecule has 1 unspecified atom stereocenters. The largest absolute Gasteiger partial charge is 0.448 e. The monoisotopic (exact) mass is 365 g/mol. The summed E-state index contributed by atoms with van der Waals surface area (Å²) >= 11 is 6.24. The molecule has 2 N–H and O–H groups in total. The molecule has 2 rings (SSSR count). The van der Waals surface area contributed by atoms with Crippen LogP contribution in [0.1, 0.15) is 46.1 Å². The molecule has 0 amide bonds. The number of hydrogen-bond donors (Lipinski definition) is 1. The third kappa shape index (κ3) is 3.74. The predicted molar refractivity (Wildman–Crippen MR) is 100 cm³/mol. The van der Waals surface area contributed by atoms with Gasteiger partial charge in [0.1, 0.15) is 5.82 Å². The minimum atomic E-state index is -0.655. The van der Waals surface area contributed by atoms with Gasteiger partial charge in [0.15, 0.2) is 0 Å². The van der Waals surface area contributed by atoms with E-state index < -0.39 is 6.09 Å². The lowest BCUT2D eigenvalue weighted by atomic mass is 10.1. The van der Waals surface area contributed by atoms with E-state index in [4.69, 9.17) is 22.1 Å². The second-order valence-corrected chi connectivity index (χ2v) is 6.36. The average molecular weight is 366 g/mol. The standard InChI is InChI=1S/C18H24ClN3O3/c1-4-8-12(3)21-17(23)15(13-9-6-7-10-14(13)19)16(20)22(21)18(24)25-11-5-2/h6-7,9-10,12H,4-5,8,11,20H2,1-3H3. The van der Waals surface area contributed by atoms with Crippen LogP contribution in [-0.4, -0.2) is 22.1 Å². The second-order valence-electron chi connectivity index (χ2n) is 5.95. The van der Waals surface area contributed by atoms with Crippen molar-refractivity contribution in [1.29, 1.82) is 0 Å². The summed E-state index contributed by atoms with van der Waals surface area (Å²) in [5.41, 5.74) is 6.58. The van der Waals surface area contributed by atoms with E-state index in [0.717, 1.165) is 17.5 Å². The third-order valence-corrected chi connectivity index (χ3v) is 4.32. The normalized spacial score (nSPS) is 12.2. The summed E-state index contributed by atoms with van der Waals surface area (Å²) < 4.78 is 7.72.